The first-order valence-corrected chi connectivity index (χ1v) is 14.7. The molecule has 4 aliphatic carbocycles. The normalized spacial score (nSPS) is 43.2. The Morgan fingerprint density at radius 1 is 1.08 bits per heavy atom. The number of fused-ring (bicyclic) bond motifs is 1. The van der Waals surface area contributed by atoms with Gasteiger partial charge in [-0.05, 0) is 77.0 Å². The van der Waals surface area contributed by atoms with Crippen LogP contribution in [0, 0.1) is 35.0 Å². The number of carbonyl (C=O) groups excluding carboxylic acids is 3. The molecule has 38 heavy (non-hydrogen) atoms. The predicted octanol–water partition coefficient (Wildman–Crippen LogP) is 2.16. The second-order valence-corrected chi connectivity index (χ2v) is 14.8. The maximum absolute atomic E-state index is 13.8. The first kappa shape index (κ1) is 26.4. The third kappa shape index (κ3) is 3.74. The molecule has 13 heteroatoms. The standard InChI is InChI=1S/C25H33F2NO9S/c1-23(2,3)28-16-17-14(20(28)29)15(21(30)35-10-25(26,27)38(32,33)34)18(36-17)19(16)37-22(31)24-7-11-4-12(8-24)6-13(5-11)9-24/h11-19H,4-10H2,1-3H3,(H,32,33,34). The van der Waals surface area contributed by atoms with Gasteiger partial charge in [-0.15, -0.1) is 0 Å². The van der Waals surface area contributed by atoms with E-state index in [1.807, 2.05) is 0 Å². The van der Waals surface area contributed by atoms with Crippen molar-refractivity contribution in [1.29, 1.82) is 0 Å². The summed E-state index contributed by atoms with van der Waals surface area (Å²) in [5.41, 5.74) is -1.31. The van der Waals surface area contributed by atoms with Gasteiger partial charge in [0.25, 0.3) is 0 Å². The van der Waals surface area contributed by atoms with Gasteiger partial charge >= 0.3 is 27.3 Å². The van der Waals surface area contributed by atoms with Gasteiger partial charge in [-0.2, -0.15) is 17.2 Å². The number of alkyl halides is 2. The third-order valence-corrected chi connectivity index (χ3v) is 10.6. The van der Waals surface area contributed by atoms with Crippen molar-refractivity contribution < 1.29 is 50.3 Å². The first-order valence-electron chi connectivity index (χ1n) is 13.2. The van der Waals surface area contributed by atoms with Crippen LogP contribution < -0.4 is 0 Å². The van der Waals surface area contributed by atoms with Crippen LogP contribution in [-0.4, -0.2) is 77.5 Å². The number of hydrogen-bond donors (Lipinski definition) is 1. The first-order chi connectivity index (χ1) is 17.5. The van der Waals surface area contributed by atoms with E-state index in [1.54, 1.807) is 25.7 Å². The van der Waals surface area contributed by atoms with Gasteiger partial charge in [-0.25, -0.2) is 0 Å². The van der Waals surface area contributed by atoms with Crippen molar-refractivity contribution in [3.05, 3.63) is 0 Å². The van der Waals surface area contributed by atoms with Crippen LogP contribution in [0.3, 0.4) is 0 Å². The summed E-state index contributed by atoms with van der Waals surface area (Å²) in [5, 5.41) is -4.72. The summed E-state index contributed by atoms with van der Waals surface area (Å²) in [6.07, 6.45) is 2.74. The Morgan fingerprint density at radius 2 is 1.63 bits per heavy atom. The van der Waals surface area contributed by atoms with Crippen LogP contribution >= 0.6 is 0 Å². The minimum Gasteiger partial charge on any atom is -0.458 e. The second kappa shape index (κ2) is 8.09. The lowest BCUT2D eigenvalue weighted by Crippen LogP contribution is -2.57. The minimum absolute atomic E-state index is 0.354. The maximum atomic E-state index is 13.8. The Balaban J connectivity index is 1.27. The number of nitrogens with zero attached hydrogens (tertiary/aromatic N) is 1. The van der Waals surface area contributed by atoms with Crippen LogP contribution in [0.25, 0.3) is 0 Å². The zero-order chi connectivity index (χ0) is 27.6. The van der Waals surface area contributed by atoms with E-state index in [9.17, 15) is 31.6 Å². The monoisotopic (exact) mass is 561 g/mol. The Kier molecular flexibility index (Phi) is 5.62. The predicted molar refractivity (Wildman–Crippen MR) is 124 cm³/mol. The summed E-state index contributed by atoms with van der Waals surface area (Å²) in [6, 6.07) is -0.640. The van der Waals surface area contributed by atoms with Gasteiger partial charge in [0, 0.05) is 5.54 Å². The average Bonchev–Trinajstić information content (AvgIpc) is 3.38. The van der Waals surface area contributed by atoms with Crippen molar-refractivity contribution in [3.8, 4) is 0 Å². The molecule has 212 valence electrons. The highest BCUT2D eigenvalue weighted by atomic mass is 32.2. The maximum Gasteiger partial charge on any atom is 0.402 e. The van der Waals surface area contributed by atoms with Crippen molar-refractivity contribution in [2.24, 2.45) is 35.0 Å². The van der Waals surface area contributed by atoms with Crippen LogP contribution in [0.4, 0.5) is 8.78 Å². The molecule has 3 heterocycles. The highest BCUT2D eigenvalue weighted by Crippen LogP contribution is 2.61. The van der Waals surface area contributed by atoms with E-state index >= 15 is 0 Å². The van der Waals surface area contributed by atoms with Crippen molar-refractivity contribution in [2.75, 3.05) is 6.61 Å². The van der Waals surface area contributed by atoms with E-state index in [0.29, 0.717) is 17.8 Å². The number of amides is 1. The van der Waals surface area contributed by atoms with Crippen LogP contribution in [0.5, 0.6) is 0 Å². The molecule has 4 saturated carbocycles. The van der Waals surface area contributed by atoms with Crippen LogP contribution in [-0.2, 0) is 38.7 Å². The van der Waals surface area contributed by atoms with Crippen molar-refractivity contribution in [1.82, 2.24) is 4.90 Å². The van der Waals surface area contributed by atoms with Crippen LogP contribution in [0.1, 0.15) is 59.3 Å². The summed E-state index contributed by atoms with van der Waals surface area (Å²) in [4.78, 5) is 41.9. The molecule has 6 bridgehead atoms. The molecule has 7 fully saturated rings. The quantitative estimate of drug-likeness (QED) is 0.382. The molecule has 3 aliphatic heterocycles. The average molecular weight is 562 g/mol. The molecule has 1 N–H and O–H groups in total. The van der Waals surface area contributed by atoms with E-state index in [4.69, 9.17) is 14.0 Å². The van der Waals surface area contributed by atoms with Gasteiger partial charge in [0.05, 0.1) is 23.5 Å². The second-order valence-electron chi connectivity index (χ2n) is 13.3. The fourth-order valence-corrected chi connectivity index (χ4v) is 8.95. The highest BCUT2D eigenvalue weighted by Gasteiger charge is 2.74. The number of rotatable bonds is 6. The largest absolute Gasteiger partial charge is 0.458 e. The summed E-state index contributed by atoms with van der Waals surface area (Å²) in [5.74, 6) is -2.99. The summed E-state index contributed by atoms with van der Waals surface area (Å²) < 4.78 is 75.0. The van der Waals surface area contributed by atoms with E-state index in [2.05, 4.69) is 4.74 Å². The van der Waals surface area contributed by atoms with Gasteiger partial charge in [-0.1, -0.05) is 0 Å². The Hall–Kier alpha value is -1.86. The van der Waals surface area contributed by atoms with Gasteiger partial charge in [0.2, 0.25) is 5.91 Å². The van der Waals surface area contributed by atoms with E-state index in [1.165, 1.54) is 0 Å². The highest BCUT2D eigenvalue weighted by molar-refractivity contribution is 7.86. The molecule has 7 aliphatic rings. The number of esters is 2. The molecule has 3 saturated heterocycles. The molecule has 0 spiro atoms. The van der Waals surface area contributed by atoms with Crippen molar-refractivity contribution in [2.45, 2.75) is 94.4 Å². The molecular weight excluding hydrogens is 528 g/mol. The van der Waals surface area contributed by atoms with Crippen molar-refractivity contribution in [3.63, 3.8) is 0 Å². The Morgan fingerprint density at radius 3 is 2.13 bits per heavy atom. The number of likely N-dealkylation sites (tertiary alicyclic amines) is 1. The third-order valence-electron chi connectivity index (χ3n) is 9.70. The Labute approximate surface area is 219 Å². The smallest absolute Gasteiger partial charge is 0.402 e. The SMILES string of the molecule is CC(C)(C)N1C(=O)C2C3OC(C(OC(=O)C45CC6CC(CC(C6)C4)C5)C31)C2C(=O)OCC(F)(F)S(=O)(=O)O. The number of hydrogen-bond acceptors (Lipinski definition) is 8. The molecule has 0 aromatic rings. The number of halogens is 2. The van der Waals surface area contributed by atoms with Crippen LogP contribution in [0.2, 0.25) is 0 Å². The fourth-order valence-electron chi connectivity index (χ4n) is 8.74. The molecule has 0 aromatic heterocycles. The van der Waals surface area contributed by atoms with E-state index in [-0.39, 0.29) is 5.97 Å². The minimum atomic E-state index is -5.82. The fraction of sp³-hybridized carbons (Fsp3) is 0.880. The molecule has 0 aromatic carbocycles. The summed E-state index contributed by atoms with van der Waals surface area (Å²) >= 11 is 0. The van der Waals surface area contributed by atoms with Gasteiger partial charge in [-0.3, -0.25) is 18.9 Å². The molecule has 0 radical (unpaired) electrons. The molecule has 7 rings (SSSR count). The van der Waals surface area contributed by atoms with Crippen molar-refractivity contribution >= 4 is 28.0 Å². The lowest BCUT2D eigenvalue weighted by atomic mass is 9.49. The lowest BCUT2D eigenvalue weighted by molar-refractivity contribution is -0.184. The molecule has 10 nitrogen and oxygen atoms in total. The zero-order valence-electron chi connectivity index (χ0n) is 21.5. The molecule has 6 atom stereocenters. The zero-order valence-corrected chi connectivity index (χ0v) is 22.3. The van der Waals surface area contributed by atoms with Gasteiger partial charge in [0.15, 0.2) is 12.7 Å². The molecule has 6 unspecified atom stereocenters. The number of ether oxygens (including phenoxy) is 3. The summed E-state index contributed by atoms with van der Waals surface area (Å²) in [6.45, 7) is 3.51. The number of carbonyl (C=O) groups is 3. The molecular formula is C25H33F2NO9S. The van der Waals surface area contributed by atoms with Crippen LogP contribution in [0.15, 0.2) is 0 Å². The van der Waals surface area contributed by atoms with E-state index in [0.717, 1.165) is 38.5 Å². The lowest BCUT2D eigenvalue weighted by Gasteiger charge is -2.55. The summed E-state index contributed by atoms with van der Waals surface area (Å²) in [7, 11) is -5.82. The van der Waals surface area contributed by atoms with Gasteiger partial charge in [0.1, 0.15) is 12.0 Å². The topological polar surface area (TPSA) is 137 Å². The Bertz CT molecular complexity index is 1150. The van der Waals surface area contributed by atoms with Gasteiger partial charge < -0.3 is 19.1 Å². The van der Waals surface area contributed by atoms with E-state index < -0.39 is 81.0 Å². The molecule has 1 amide bonds.